The summed E-state index contributed by atoms with van der Waals surface area (Å²) in [5, 5.41) is 0. The number of rotatable bonds is 0. The molecule has 0 radical (unpaired) electrons. The summed E-state index contributed by atoms with van der Waals surface area (Å²) in [6.07, 6.45) is 4.02. The quantitative estimate of drug-likeness (QED) is 0.647. The molecule has 16 heavy (non-hydrogen) atoms. The zero-order valence-corrected chi connectivity index (χ0v) is 9.82. The van der Waals surface area contributed by atoms with Crippen molar-refractivity contribution in [3.05, 3.63) is 29.8 Å². The molecule has 1 fully saturated rings. The molecule has 0 N–H and O–H groups in total. The fourth-order valence-corrected chi connectivity index (χ4v) is 2.78. The maximum absolute atomic E-state index is 4.80. The molecule has 0 saturated carbocycles. The van der Waals surface area contributed by atoms with Crippen LogP contribution in [0, 0.1) is 0 Å². The van der Waals surface area contributed by atoms with E-state index in [2.05, 4.69) is 36.1 Å². The average molecular weight is 214 g/mol. The molecule has 0 bridgehead atoms. The van der Waals surface area contributed by atoms with Gasteiger partial charge in [0.2, 0.25) is 0 Å². The van der Waals surface area contributed by atoms with Crippen molar-refractivity contribution < 1.29 is 0 Å². The lowest BCUT2D eigenvalue weighted by Crippen LogP contribution is -2.37. The van der Waals surface area contributed by atoms with Crippen molar-refractivity contribution in [3.63, 3.8) is 0 Å². The van der Waals surface area contributed by atoms with Crippen LogP contribution in [0.1, 0.15) is 37.7 Å². The maximum atomic E-state index is 4.80. The molecular formula is C14H18N2. The van der Waals surface area contributed by atoms with Crippen molar-refractivity contribution >= 4 is 11.5 Å². The number of hydrogen-bond donors (Lipinski definition) is 0. The van der Waals surface area contributed by atoms with E-state index in [9.17, 15) is 0 Å². The van der Waals surface area contributed by atoms with Crippen LogP contribution >= 0.6 is 0 Å². The van der Waals surface area contributed by atoms with Crippen LogP contribution in [0.15, 0.2) is 29.3 Å². The Labute approximate surface area is 97.0 Å². The second kappa shape index (κ2) is 3.93. The number of amidine groups is 1. The van der Waals surface area contributed by atoms with Gasteiger partial charge in [0.25, 0.3) is 0 Å². The molecule has 0 aliphatic carbocycles. The molecule has 2 heteroatoms. The molecule has 0 unspecified atom stereocenters. The number of nitrogens with zero attached hydrogens (tertiary/aromatic N) is 2. The number of fused-ring (bicyclic) bond motifs is 1. The molecule has 0 aromatic heterocycles. The van der Waals surface area contributed by atoms with E-state index in [1.54, 1.807) is 0 Å². The molecule has 1 saturated heterocycles. The largest absolute Gasteiger partial charge is 0.360 e. The third-order valence-electron chi connectivity index (χ3n) is 3.71. The first kappa shape index (κ1) is 9.88. The van der Waals surface area contributed by atoms with E-state index in [0.717, 1.165) is 0 Å². The molecule has 1 aromatic rings. The third kappa shape index (κ3) is 1.53. The highest BCUT2D eigenvalue weighted by molar-refractivity contribution is 5.96. The van der Waals surface area contributed by atoms with Crippen LogP contribution in [0.3, 0.4) is 0 Å². The normalized spacial score (nSPS) is 24.2. The topological polar surface area (TPSA) is 15.6 Å². The fraction of sp³-hybridized carbons (Fsp3) is 0.500. The number of benzene rings is 1. The molecule has 0 spiro atoms. The summed E-state index contributed by atoms with van der Waals surface area (Å²) in [6.45, 7) is 4.66. The monoisotopic (exact) mass is 214 g/mol. The van der Waals surface area contributed by atoms with Crippen molar-refractivity contribution in [2.75, 3.05) is 13.1 Å². The summed E-state index contributed by atoms with van der Waals surface area (Å²) in [5.41, 5.74) is 2.57. The van der Waals surface area contributed by atoms with E-state index in [4.69, 9.17) is 4.99 Å². The van der Waals surface area contributed by atoms with Crippen LogP contribution in [0.4, 0.5) is 5.69 Å². The number of para-hydroxylation sites is 1. The van der Waals surface area contributed by atoms with Gasteiger partial charge in [0.1, 0.15) is 5.84 Å². The average Bonchev–Trinajstić information content (AvgIpc) is 2.69. The third-order valence-corrected chi connectivity index (χ3v) is 3.71. The minimum absolute atomic E-state index is 0.481. The number of likely N-dealkylation sites (tertiary alicyclic amines) is 1. The van der Waals surface area contributed by atoms with Crippen molar-refractivity contribution in [1.29, 1.82) is 0 Å². The Hall–Kier alpha value is -1.31. The van der Waals surface area contributed by atoms with E-state index < -0.39 is 0 Å². The van der Waals surface area contributed by atoms with Crippen LogP contribution in [-0.2, 0) is 0 Å². The summed E-state index contributed by atoms with van der Waals surface area (Å²) < 4.78 is 0. The molecule has 2 aliphatic heterocycles. The first-order chi connectivity index (χ1) is 7.86. The van der Waals surface area contributed by atoms with Gasteiger partial charge in [0.05, 0.1) is 5.69 Å². The van der Waals surface area contributed by atoms with Crippen LogP contribution in [-0.4, -0.2) is 23.8 Å². The molecule has 3 rings (SSSR count). The highest BCUT2D eigenvalue weighted by Crippen LogP contribution is 2.36. The van der Waals surface area contributed by atoms with E-state index in [1.165, 1.54) is 49.4 Å². The Morgan fingerprint density at radius 2 is 1.88 bits per heavy atom. The molecule has 84 valence electrons. The molecule has 2 heterocycles. The fourth-order valence-electron chi connectivity index (χ4n) is 2.78. The Kier molecular flexibility index (Phi) is 2.43. The van der Waals surface area contributed by atoms with E-state index in [1.807, 2.05) is 0 Å². The standard InChI is InChI=1S/C14H18N2/c1-11-12-7-3-4-8-13(12)15-14(11)16-9-5-2-6-10-16/h3-4,7-8,11H,2,5-6,9-10H2,1H3/t11-/m0/s1. The summed E-state index contributed by atoms with van der Waals surface area (Å²) in [4.78, 5) is 7.28. The molecule has 1 aromatic carbocycles. The van der Waals surface area contributed by atoms with Crippen molar-refractivity contribution in [2.45, 2.75) is 32.1 Å². The highest BCUT2D eigenvalue weighted by atomic mass is 15.2. The first-order valence-electron chi connectivity index (χ1n) is 6.29. The van der Waals surface area contributed by atoms with Gasteiger partial charge in [-0.25, -0.2) is 4.99 Å². The first-order valence-corrected chi connectivity index (χ1v) is 6.29. The van der Waals surface area contributed by atoms with Gasteiger partial charge in [0, 0.05) is 19.0 Å². The zero-order valence-electron chi connectivity index (χ0n) is 9.82. The van der Waals surface area contributed by atoms with E-state index in [-0.39, 0.29) is 0 Å². The van der Waals surface area contributed by atoms with Gasteiger partial charge < -0.3 is 4.90 Å². The van der Waals surface area contributed by atoms with Gasteiger partial charge in [0.15, 0.2) is 0 Å². The van der Waals surface area contributed by atoms with Gasteiger partial charge in [-0.15, -0.1) is 0 Å². The van der Waals surface area contributed by atoms with Gasteiger partial charge in [-0.3, -0.25) is 0 Å². The lowest BCUT2D eigenvalue weighted by molar-refractivity contribution is 0.335. The smallest absolute Gasteiger partial charge is 0.112 e. The second-order valence-electron chi connectivity index (χ2n) is 4.80. The highest BCUT2D eigenvalue weighted by Gasteiger charge is 2.27. The summed E-state index contributed by atoms with van der Waals surface area (Å²) >= 11 is 0. The summed E-state index contributed by atoms with van der Waals surface area (Å²) in [6, 6.07) is 8.53. The molecule has 2 nitrogen and oxygen atoms in total. The van der Waals surface area contributed by atoms with Gasteiger partial charge in [-0.2, -0.15) is 0 Å². The lowest BCUT2D eigenvalue weighted by Gasteiger charge is -2.30. The second-order valence-corrected chi connectivity index (χ2v) is 4.80. The number of piperidine rings is 1. The minimum atomic E-state index is 0.481. The Balaban J connectivity index is 1.89. The molecule has 2 aliphatic rings. The minimum Gasteiger partial charge on any atom is -0.360 e. The summed E-state index contributed by atoms with van der Waals surface area (Å²) in [5.74, 6) is 1.77. The zero-order chi connectivity index (χ0) is 11.0. The van der Waals surface area contributed by atoms with Gasteiger partial charge in [-0.05, 0) is 30.9 Å². The van der Waals surface area contributed by atoms with Crippen molar-refractivity contribution in [3.8, 4) is 0 Å². The number of aliphatic imine (C=N–C) groups is 1. The van der Waals surface area contributed by atoms with Crippen LogP contribution in [0.25, 0.3) is 0 Å². The Morgan fingerprint density at radius 3 is 2.62 bits per heavy atom. The van der Waals surface area contributed by atoms with E-state index >= 15 is 0 Å². The Bertz CT molecular complexity index is 416. The molecular weight excluding hydrogens is 196 g/mol. The van der Waals surface area contributed by atoms with Gasteiger partial charge >= 0.3 is 0 Å². The maximum Gasteiger partial charge on any atom is 0.112 e. The van der Waals surface area contributed by atoms with Crippen molar-refractivity contribution in [2.24, 2.45) is 4.99 Å². The van der Waals surface area contributed by atoms with Crippen LogP contribution < -0.4 is 0 Å². The van der Waals surface area contributed by atoms with Crippen LogP contribution in [0.2, 0.25) is 0 Å². The molecule has 0 amide bonds. The predicted octanol–water partition coefficient (Wildman–Crippen LogP) is 3.32. The summed E-state index contributed by atoms with van der Waals surface area (Å²) in [7, 11) is 0. The Morgan fingerprint density at radius 1 is 1.12 bits per heavy atom. The predicted molar refractivity (Wildman–Crippen MR) is 67.4 cm³/mol. The van der Waals surface area contributed by atoms with Gasteiger partial charge in [-0.1, -0.05) is 25.1 Å². The van der Waals surface area contributed by atoms with Crippen LogP contribution in [0.5, 0.6) is 0 Å². The lowest BCUT2D eigenvalue weighted by atomic mass is 9.99. The van der Waals surface area contributed by atoms with Crippen molar-refractivity contribution in [1.82, 2.24) is 4.90 Å². The SMILES string of the molecule is C[C@@H]1C(N2CCCCC2)=Nc2ccccc21. The molecule has 1 atom stereocenters. The number of hydrogen-bond acceptors (Lipinski definition) is 2. The van der Waals surface area contributed by atoms with E-state index in [0.29, 0.717) is 5.92 Å².